The Morgan fingerprint density at radius 1 is 1.62 bits per heavy atom. The molecule has 1 rings (SSSR count). The molecule has 13 heavy (non-hydrogen) atoms. The molecule has 0 unspecified atom stereocenters. The van der Waals surface area contributed by atoms with Crippen LogP contribution in [-0.2, 0) is 6.42 Å². The molecule has 72 valence electrons. The second-order valence-electron chi connectivity index (χ2n) is 2.84. The van der Waals surface area contributed by atoms with Gasteiger partial charge < -0.3 is 4.98 Å². The highest BCUT2D eigenvalue weighted by molar-refractivity contribution is 7.98. The van der Waals surface area contributed by atoms with Crippen LogP contribution in [0.4, 0.5) is 0 Å². The van der Waals surface area contributed by atoms with Gasteiger partial charge in [0.2, 0.25) is 0 Å². The number of aromatic amines is 1. The molecule has 0 spiro atoms. The average Bonchev–Trinajstić information content (AvgIpc) is 2.14. The van der Waals surface area contributed by atoms with E-state index in [1.54, 1.807) is 0 Å². The number of unbranched alkanes of at least 4 members (excludes halogenated alkanes) is 1. The van der Waals surface area contributed by atoms with Crippen LogP contribution < -0.4 is 5.56 Å². The second kappa shape index (κ2) is 5.07. The van der Waals surface area contributed by atoms with Crippen molar-refractivity contribution in [2.24, 2.45) is 0 Å². The molecule has 0 aliphatic carbocycles. The van der Waals surface area contributed by atoms with Crippen molar-refractivity contribution in [3.63, 3.8) is 0 Å². The third kappa shape index (κ3) is 3.22. The molecule has 1 aromatic rings. The number of thioether (sulfide) groups is 1. The molecule has 1 N–H and O–H groups in total. The summed E-state index contributed by atoms with van der Waals surface area (Å²) in [7, 11) is 0. The molecule has 0 saturated carbocycles. The summed E-state index contributed by atoms with van der Waals surface area (Å²) in [4.78, 5) is 18.2. The van der Waals surface area contributed by atoms with E-state index in [2.05, 4.69) is 16.9 Å². The van der Waals surface area contributed by atoms with Gasteiger partial charge in [-0.1, -0.05) is 13.3 Å². The van der Waals surface area contributed by atoms with Gasteiger partial charge in [-0.3, -0.25) is 4.79 Å². The van der Waals surface area contributed by atoms with Gasteiger partial charge in [-0.2, -0.15) is 0 Å². The van der Waals surface area contributed by atoms with Crippen LogP contribution in [0.2, 0.25) is 0 Å². The largest absolute Gasteiger partial charge is 0.310 e. The summed E-state index contributed by atoms with van der Waals surface area (Å²) in [6.07, 6.45) is 4.97. The first-order chi connectivity index (χ1) is 6.26. The summed E-state index contributed by atoms with van der Waals surface area (Å²) in [6, 6.07) is 1.53. The van der Waals surface area contributed by atoms with Crippen molar-refractivity contribution >= 4 is 11.8 Å². The lowest BCUT2D eigenvalue weighted by atomic mass is 10.2. The molecule has 1 heterocycles. The van der Waals surface area contributed by atoms with Crippen LogP contribution >= 0.6 is 11.8 Å². The van der Waals surface area contributed by atoms with Crippen LogP contribution in [0.3, 0.4) is 0 Å². The normalized spacial score (nSPS) is 10.3. The lowest BCUT2D eigenvalue weighted by Gasteiger charge is -2.00. The third-order valence-electron chi connectivity index (χ3n) is 1.74. The molecule has 0 radical (unpaired) electrons. The van der Waals surface area contributed by atoms with Crippen molar-refractivity contribution in [2.75, 3.05) is 6.26 Å². The first kappa shape index (κ1) is 10.3. The van der Waals surface area contributed by atoms with Gasteiger partial charge in [0.1, 0.15) is 10.9 Å². The van der Waals surface area contributed by atoms with E-state index < -0.39 is 0 Å². The summed E-state index contributed by atoms with van der Waals surface area (Å²) in [6.45, 7) is 2.12. The molecule has 3 nitrogen and oxygen atoms in total. The molecule has 0 fully saturated rings. The number of hydrogen-bond donors (Lipinski definition) is 1. The molecular weight excluding hydrogens is 184 g/mol. The molecule has 0 saturated heterocycles. The number of nitrogens with one attached hydrogen (secondary N) is 1. The Kier molecular flexibility index (Phi) is 4.02. The lowest BCUT2D eigenvalue weighted by molar-refractivity contribution is 0.735. The predicted molar refractivity (Wildman–Crippen MR) is 55.3 cm³/mol. The minimum absolute atomic E-state index is 0.0505. The summed E-state index contributed by atoms with van der Waals surface area (Å²) < 4.78 is 0. The fraction of sp³-hybridized carbons (Fsp3) is 0.556. The first-order valence-corrected chi connectivity index (χ1v) is 5.63. The molecule has 0 aromatic carbocycles. The quantitative estimate of drug-likeness (QED) is 0.593. The predicted octanol–water partition coefficient (Wildman–Crippen LogP) is 1.83. The lowest BCUT2D eigenvalue weighted by Crippen LogP contribution is -2.10. The Hall–Kier alpha value is -0.770. The summed E-state index contributed by atoms with van der Waals surface area (Å²) in [5.41, 5.74) is -0.0505. The highest BCUT2D eigenvalue weighted by atomic mass is 32.2. The van der Waals surface area contributed by atoms with E-state index in [0.717, 1.165) is 30.1 Å². The standard InChI is InChI=1S/C9H14N2OS/c1-3-4-5-7-10-8(12)6-9(11-7)13-2/h6H,3-5H2,1-2H3,(H,10,11,12). The number of nitrogens with zero attached hydrogens (tertiary/aromatic N) is 1. The zero-order valence-corrected chi connectivity index (χ0v) is 8.78. The van der Waals surface area contributed by atoms with Crippen LogP contribution in [0.15, 0.2) is 15.9 Å². The Labute approximate surface area is 82.0 Å². The van der Waals surface area contributed by atoms with Crippen molar-refractivity contribution in [1.82, 2.24) is 9.97 Å². The molecule has 0 amide bonds. The van der Waals surface area contributed by atoms with E-state index in [9.17, 15) is 4.79 Å². The average molecular weight is 198 g/mol. The topological polar surface area (TPSA) is 45.8 Å². The molecule has 1 aromatic heterocycles. The summed E-state index contributed by atoms with van der Waals surface area (Å²) >= 11 is 1.50. The third-order valence-corrected chi connectivity index (χ3v) is 2.37. The van der Waals surface area contributed by atoms with Gasteiger partial charge in [0.25, 0.3) is 5.56 Å². The Morgan fingerprint density at radius 2 is 2.38 bits per heavy atom. The van der Waals surface area contributed by atoms with E-state index in [-0.39, 0.29) is 5.56 Å². The van der Waals surface area contributed by atoms with E-state index in [4.69, 9.17) is 0 Å². The first-order valence-electron chi connectivity index (χ1n) is 4.40. The Bertz CT molecular complexity index is 322. The van der Waals surface area contributed by atoms with Crippen LogP contribution in [0.5, 0.6) is 0 Å². The number of hydrogen-bond acceptors (Lipinski definition) is 3. The summed E-state index contributed by atoms with van der Waals surface area (Å²) in [5.74, 6) is 0.804. The SMILES string of the molecule is CCCCc1nc(SC)cc(=O)[nH]1. The maximum Gasteiger partial charge on any atom is 0.251 e. The number of H-pyrrole nitrogens is 1. The minimum Gasteiger partial charge on any atom is -0.310 e. The van der Waals surface area contributed by atoms with Crippen molar-refractivity contribution in [2.45, 2.75) is 31.2 Å². The van der Waals surface area contributed by atoms with E-state index in [0.29, 0.717) is 0 Å². The fourth-order valence-corrected chi connectivity index (χ4v) is 1.48. The van der Waals surface area contributed by atoms with Crippen LogP contribution in [-0.4, -0.2) is 16.2 Å². The van der Waals surface area contributed by atoms with Crippen LogP contribution in [0.1, 0.15) is 25.6 Å². The van der Waals surface area contributed by atoms with E-state index in [1.165, 1.54) is 17.8 Å². The van der Waals surface area contributed by atoms with Crippen molar-refractivity contribution in [3.8, 4) is 0 Å². The van der Waals surface area contributed by atoms with Gasteiger partial charge in [-0.15, -0.1) is 11.8 Å². The highest BCUT2D eigenvalue weighted by Gasteiger charge is 1.99. The van der Waals surface area contributed by atoms with Gasteiger partial charge in [0, 0.05) is 12.5 Å². The van der Waals surface area contributed by atoms with Crippen LogP contribution in [0, 0.1) is 0 Å². The van der Waals surface area contributed by atoms with Crippen LogP contribution in [0.25, 0.3) is 0 Å². The smallest absolute Gasteiger partial charge is 0.251 e. The number of rotatable bonds is 4. The monoisotopic (exact) mass is 198 g/mol. The molecule has 0 bridgehead atoms. The summed E-state index contributed by atoms with van der Waals surface area (Å²) in [5, 5.41) is 0.801. The molecule has 0 aliphatic heterocycles. The zero-order valence-electron chi connectivity index (χ0n) is 7.96. The Balaban J connectivity index is 2.82. The van der Waals surface area contributed by atoms with E-state index >= 15 is 0 Å². The van der Waals surface area contributed by atoms with Crippen molar-refractivity contribution in [3.05, 3.63) is 22.2 Å². The van der Waals surface area contributed by atoms with Gasteiger partial charge in [-0.05, 0) is 12.7 Å². The van der Waals surface area contributed by atoms with Gasteiger partial charge >= 0.3 is 0 Å². The molecule has 0 aliphatic rings. The zero-order chi connectivity index (χ0) is 9.68. The highest BCUT2D eigenvalue weighted by Crippen LogP contribution is 2.08. The Morgan fingerprint density at radius 3 is 3.00 bits per heavy atom. The molecule has 0 atom stereocenters. The molecular formula is C9H14N2OS. The number of aromatic nitrogens is 2. The minimum atomic E-state index is -0.0505. The molecule has 4 heteroatoms. The van der Waals surface area contributed by atoms with Gasteiger partial charge in [0.05, 0.1) is 0 Å². The number of aryl methyl sites for hydroxylation is 1. The van der Waals surface area contributed by atoms with Crippen molar-refractivity contribution in [1.29, 1.82) is 0 Å². The van der Waals surface area contributed by atoms with E-state index in [1.807, 2.05) is 6.26 Å². The second-order valence-corrected chi connectivity index (χ2v) is 3.66. The van der Waals surface area contributed by atoms with Crippen molar-refractivity contribution < 1.29 is 0 Å². The van der Waals surface area contributed by atoms with Gasteiger partial charge in [-0.25, -0.2) is 4.98 Å². The fourth-order valence-electron chi connectivity index (χ4n) is 1.05. The maximum atomic E-state index is 11.1. The maximum absolute atomic E-state index is 11.1. The van der Waals surface area contributed by atoms with Gasteiger partial charge in [0.15, 0.2) is 0 Å².